The molecule has 144 valence electrons. The molecule has 2 aromatic carbocycles. The molecular weight excluding hydrogens is 359 g/mol. The zero-order valence-corrected chi connectivity index (χ0v) is 15.3. The Balaban J connectivity index is 1.37. The van der Waals surface area contributed by atoms with E-state index in [2.05, 4.69) is 20.9 Å². The highest BCUT2D eigenvalue weighted by molar-refractivity contribution is 5.89. The number of hydrogen-bond donors (Lipinski definition) is 2. The van der Waals surface area contributed by atoms with E-state index < -0.39 is 0 Å². The third-order valence-electron chi connectivity index (χ3n) is 4.74. The van der Waals surface area contributed by atoms with Gasteiger partial charge in [0.25, 0.3) is 0 Å². The number of aromatic nitrogens is 3. The van der Waals surface area contributed by atoms with E-state index in [1.165, 1.54) is 6.07 Å². The molecular formula is C20H21FN6O. The van der Waals surface area contributed by atoms with E-state index in [0.29, 0.717) is 17.9 Å². The number of carbonyl (C=O) groups excluding carboxylic acids is 1. The number of carbonyl (C=O) groups is 1. The van der Waals surface area contributed by atoms with Gasteiger partial charge in [-0.25, -0.2) is 13.9 Å². The lowest BCUT2D eigenvalue weighted by Crippen LogP contribution is -2.49. The van der Waals surface area contributed by atoms with Crippen molar-refractivity contribution in [2.75, 3.05) is 23.3 Å². The van der Waals surface area contributed by atoms with E-state index in [1.807, 2.05) is 35.2 Å². The van der Waals surface area contributed by atoms with Gasteiger partial charge in [0.05, 0.1) is 23.8 Å². The first-order valence-corrected chi connectivity index (χ1v) is 9.23. The molecule has 28 heavy (non-hydrogen) atoms. The van der Waals surface area contributed by atoms with E-state index in [9.17, 15) is 9.18 Å². The van der Waals surface area contributed by atoms with Gasteiger partial charge in [-0.2, -0.15) is 0 Å². The molecule has 0 spiro atoms. The third-order valence-corrected chi connectivity index (χ3v) is 4.74. The van der Waals surface area contributed by atoms with Gasteiger partial charge in [-0.3, -0.25) is 0 Å². The largest absolute Gasteiger partial charge is 0.367 e. The summed E-state index contributed by atoms with van der Waals surface area (Å²) >= 11 is 0. The molecule has 1 saturated heterocycles. The van der Waals surface area contributed by atoms with E-state index in [0.717, 1.165) is 25.1 Å². The van der Waals surface area contributed by atoms with Crippen LogP contribution in [0.4, 0.5) is 20.6 Å². The van der Waals surface area contributed by atoms with Crippen molar-refractivity contribution in [3.8, 4) is 5.69 Å². The molecule has 1 aliphatic heterocycles. The number of halogens is 1. The topological polar surface area (TPSA) is 75.1 Å². The van der Waals surface area contributed by atoms with Crippen LogP contribution in [-0.2, 0) is 0 Å². The second-order valence-corrected chi connectivity index (χ2v) is 6.73. The fourth-order valence-corrected chi connectivity index (χ4v) is 3.45. The minimum absolute atomic E-state index is 0.0492. The highest BCUT2D eigenvalue weighted by Crippen LogP contribution is 2.23. The Hall–Kier alpha value is -3.42. The van der Waals surface area contributed by atoms with Crippen molar-refractivity contribution in [2.45, 2.75) is 18.9 Å². The lowest BCUT2D eigenvalue weighted by molar-refractivity contribution is 0.246. The molecule has 2 N–H and O–H groups in total. The van der Waals surface area contributed by atoms with Gasteiger partial charge in [0.1, 0.15) is 5.82 Å². The van der Waals surface area contributed by atoms with Crippen LogP contribution in [0, 0.1) is 5.82 Å². The molecule has 1 unspecified atom stereocenters. The Bertz CT molecular complexity index is 945. The molecule has 0 radical (unpaired) electrons. The van der Waals surface area contributed by atoms with Crippen molar-refractivity contribution in [2.24, 2.45) is 0 Å². The van der Waals surface area contributed by atoms with Crippen LogP contribution in [-0.4, -0.2) is 40.2 Å². The molecule has 1 atom stereocenters. The van der Waals surface area contributed by atoms with Gasteiger partial charge in [-0.05, 0) is 43.2 Å². The molecule has 0 aliphatic carbocycles. The average Bonchev–Trinajstić information content (AvgIpc) is 3.23. The van der Waals surface area contributed by atoms with Crippen LogP contribution < -0.4 is 15.5 Å². The predicted molar refractivity (Wildman–Crippen MR) is 105 cm³/mol. The predicted octanol–water partition coefficient (Wildman–Crippen LogP) is 3.20. The second-order valence-electron chi connectivity index (χ2n) is 6.73. The lowest BCUT2D eigenvalue weighted by atomic mass is 10.0. The zero-order chi connectivity index (χ0) is 19.3. The molecule has 0 saturated carbocycles. The Morgan fingerprint density at radius 1 is 1.18 bits per heavy atom. The summed E-state index contributed by atoms with van der Waals surface area (Å²) in [5, 5.41) is 13.6. The quantitative estimate of drug-likeness (QED) is 0.729. The Morgan fingerprint density at radius 2 is 2.07 bits per heavy atom. The molecule has 2 amide bonds. The maximum atomic E-state index is 14.1. The van der Waals surface area contributed by atoms with E-state index in [4.69, 9.17) is 0 Å². The van der Waals surface area contributed by atoms with Crippen LogP contribution in [0.3, 0.4) is 0 Å². The molecule has 3 aromatic rings. The zero-order valence-electron chi connectivity index (χ0n) is 15.3. The van der Waals surface area contributed by atoms with Gasteiger partial charge in [0.15, 0.2) is 0 Å². The van der Waals surface area contributed by atoms with Crippen LogP contribution in [0.2, 0.25) is 0 Å². The summed E-state index contributed by atoms with van der Waals surface area (Å²) < 4.78 is 15.7. The summed E-state index contributed by atoms with van der Waals surface area (Å²) in [6.07, 6.45) is 5.08. The van der Waals surface area contributed by atoms with Gasteiger partial charge in [0, 0.05) is 24.8 Å². The van der Waals surface area contributed by atoms with Crippen LogP contribution in [0.1, 0.15) is 12.8 Å². The standard InChI is InChI=1S/C20H21FN6O/c21-18-8-1-2-9-19(18)26-11-4-6-16(14-26)24-20(28)23-15-5-3-7-17(13-15)27-12-10-22-25-27/h1-3,5,7-10,12-13,16H,4,6,11,14H2,(H2,23,24,28). The van der Waals surface area contributed by atoms with Crippen LogP contribution in [0.25, 0.3) is 5.69 Å². The van der Waals surface area contributed by atoms with Gasteiger partial charge in [-0.15, -0.1) is 5.10 Å². The van der Waals surface area contributed by atoms with Crippen LogP contribution in [0.5, 0.6) is 0 Å². The minimum Gasteiger partial charge on any atom is -0.367 e. The smallest absolute Gasteiger partial charge is 0.319 e. The number of anilines is 2. The van der Waals surface area contributed by atoms with Crippen LogP contribution in [0.15, 0.2) is 60.9 Å². The normalized spacial score (nSPS) is 16.6. The number of amides is 2. The Kier molecular flexibility index (Phi) is 5.18. The van der Waals surface area contributed by atoms with Crippen molar-refractivity contribution in [1.82, 2.24) is 20.3 Å². The number of nitrogens with one attached hydrogen (secondary N) is 2. The maximum absolute atomic E-state index is 14.1. The molecule has 8 heteroatoms. The van der Waals surface area contributed by atoms with Gasteiger partial charge in [-0.1, -0.05) is 23.4 Å². The summed E-state index contributed by atoms with van der Waals surface area (Å²) in [6.45, 7) is 1.36. The number of hydrogen-bond acceptors (Lipinski definition) is 4. The highest BCUT2D eigenvalue weighted by Gasteiger charge is 2.23. The van der Waals surface area contributed by atoms with Gasteiger partial charge >= 0.3 is 6.03 Å². The Morgan fingerprint density at radius 3 is 2.89 bits per heavy atom. The maximum Gasteiger partial charge on any atom is 0.319 e. The fourth-order valence-electron chi connectivity index (χ4n) is 3.45. The van der Waals surface area contributed by atoms with Crippen molar-refractivity contribution in [3.63, 3.8) is 0 Å². The molecule has 1 aliphatic rings. The second kappa shape index (κ2) is 8.08. The summed E-state index contributed by atoms with van der Waals surface area (Å²) in [5.41, 5.74) is 2.04. The molecule has 2 heterocycles. The summed E-state index contributed by atoms with van der Waals surface area (Å²) in [6, 6.07) is 13.8. The number of rotatable bonds is 4. The average molecular weight is 380 g/mol. The Labute approximate surface area is 162 Å². The van der Waals surface area contributed by atoms with Crippen molar-refractivity contribution in [3.05, 3.63) is 66.7 Å². The van der Waals surface area contributed by atoms with E-state index in [1.54, 1.807) is 29.2 Å². The molecule has 0 bridgehead atoms. The first-order valence-electron chi connectivity index (χ1n) is 9.23. The number of urea groups is 1. The fraction of sp³-hybridized carbons (Fsp3) is 0.250. The first-order chi connectivity index (χ1) is 13.7. The monoisotopic (exact) mass is 380 g/mol. The van der Waals surface area contributed by atoms with Gasteiger partial charge < -0.3 is 15.5 Å². The molecule has 1 fully saturated rings. The van der Waals surface area contributed by atoms with Crippen molar-refractivity contribution >= 4 is 17.4 Å². The first kappa shape index (κ1) is 18.0. The van der Waals surface area contributed by atoms with E-state index >= 15 is 0 Å². The number of nitrogens with zero attached hydrogens (tertiary/aromatic N) is 4. The number of benzene rings is 2. The number of para-hydroxylation sites is 1. The third kappa shape index (κ3) is 4.11. The number of piperidine rings is 1. The lowest BCUT2D eigenvalue weighted by Gasteiger charge is -2.34. The van der Waals surface area contributed by atoms with Crippen LogP contribution >= 0.6 is 0 Å². The molecule has 4 rings (SSSR count). The SMILES string of the molecule is O=C(Nc1cccc(-n2ccnn2)c1)NC1CCCN(c2ccccc2F)C1. The van der Waals surface area contributed by atoms with E-state index in [-0.39, 0.29) is 17.9 Å². The highest BCUT2D eigenvalue weighted by atomic mass is 19.1. The van der Waals surface area contributed by atoms with Crippen molar-refractivity contribution in [1.29, 1.82) is 0 Å². The summed E-state index contributed by atoms with van der Waals surface area (Å²) in [7, 11) is 0. The minimum atomic E-state index is -0.281. The summed E-state index contributed by atoms with van der Waals surface area (Å²) in [4.78, 5) is 14.4. The van der Waals surface area contributed by atoms with Gasteiger partial charge in [0.2, 0.25) is 0 Å². The van der Waals surface area contributed by atoms with Crippen molar-refractivity contribution < 1.29 is 9.18 Å². The molecule has 1 aromatic heterocycles. The summed E-state index contributed by atoms with van der Waals surface area (Å²) in [5.74, 6) is -0.238. The molecule has 7 nitrogen and oxygen atoms in total.